The Hall–Kier alpha value is -1.31. The van der Waals surface area contributed by atoms with Gasteiger partial charge in [0.05, 0.1) is 0 Å². The second-order valence-electron chi connectivity index (χ2n) is 5.83. The molecule has 136 valence electrons. The van der Waals surface area contributed by atoms with Crippen LogP contribution >= 0.6 is 0 Å². The molecule has 0 spiro atoms. The van der Waals surface area contributed by atoms with E-state index in [0.717, 1.165) is 45.2 Å². The maximum Gasteiger partial charge on any atom is 0.490 e. The van der Waals surface area contributed by atoms with Crippen LogP contribution in [0.5, 0.6) is 0 Å². The Morgan fingerprint density at radius 1 is 1.09 bits per heavy atom. The van der Waals surface area contributed by atoms with Crippen molar-refractivity contribution in [3.05, 3.63) is 0 Å². The first kappa shape index (κ1) is 21.7. The van der Waals surface area contributed by atoms with Crippen molar-refractivity contribution < 1.29 is 33.0 Å². The maximum atomic E-state index is 11.1. The molecule has 0 radical (unpaired) electrons. The van der Waals surface area contributed by atoms with E-state index < -0.39 is 18.1 Å². The molecule has 0 aromatic carbocycles. The third kappa shape index (κ3) is 6.76. The van der Waals surface area contributed by atoms with Gasteiger partial charge in [0.1, 0.15) is 6.04 Å². The topological polar surface area (TPSA) is 77.8 Å². The number of rotatable bonds is 6. The van der Waals surface area contributed by atoms with E-state index in [2.05, 4.69) is 25.7 Å². The van der Waals surface area contributed by atoms with E-state index >= 15 is 0 Å². The molecule has 0 saturated carbocycles. The summed E-state index contributed by atoms with van der Waals surface area (Å²) in [6, 6.07) is -0.232. The summed E-state index contributed by atoms with van der Waals surface area (Å²) in [5.74, 6) is -3.40. The molecule has 1 saturated heterocycles. The molecule has 5 nitrogen and oxygen atoms in total. The fourth-order valence-electron chi connectivity index (χ4n) is 2.81. The Morgan fingerprint density at radius 3 is 1.83 bits per heavy atom. The molecule has 0 aromatic rings. The monoisotopic (exact) mass is 341 g/mol. The lowest BCUT2D eigenvalue weighted by atomic mass is 9.79. The number of likely N-dealkylation sites (tertiary alicyclic amines) is 1. The smallest absolute Gasteiger partial charge is 0.480 e. The summed E-state index contributed by atoms with van der Waals surface area (Å²) in [5.41, 5.74) is 0.318. The van der Waals surface area contributed by atoms with Crippen LogP contribution in [-0.2, 0) is 9.59 Å². The molecular formula is C15H26F3NO4. The Morgan fingerprint density at radius 2 is 1.52 bits per heavy atom. The average Bonchev–Trinajstić information content (AvgIpc) is 2.92. The van der Waals surface area contributed by atoms with Gasteiger partial charge in [-0.2, -0.15) is 13.2 Å². The van der Waals surface area contributed by atoms with E-state index in [1.54, 1.807) is 0 Å². The number of aliphatic carboxylic acids is 2. The molecule has 0 aromatic heterocycles. The van der Waals surface area contributed by atoms with E-state index in [9.17, 15) is 18.0 Å². The predicted molar refractivity (Wildman–Crippen MR) is 79.2 cm³/mol. The normalized spacial score (nSPS) is 19.1. The van der Waals surface area contributed by atoms with Crippen LogP contribution in [0.15, 0.2) is 0 Å². The van der Waals surface area contributed by atoms with Gasteiger partial charge in [-0.05, 0) is 44.1 Å². The minimum atomic E-state index is -5.08. The number of alkyl halides is 3. The van der Waals surface area contributed by atoms with Crippen molar-refractivity contribution in [2.75, 3.05) is 13.1 Å². The van der Waals surface area contributed by atoms with Gasteiger partial charge in [0.2, 0.25) is 0 Å². The zero-order valence-electron chi connectivity index (χ0n) is 13.8. The lowest BCUT2D eigenvalue weighted by Crippen LogP contribution is -2.43. The van der Waals surface area contributed by atoms with Crippen LogP contribution < -0.4 is 0 Å². The van der Waals surface area contributed by atoms with E-state index in [1.165, 1.54) is 0 Å². The number of nitrogens with zero attached hydrogens (tertiary/aromatic N) is 1. The molecule has 23 heavy (non-hydrogen) atoms. The molecule has 1 fully saturated rings. The molecular weight excluding hydrogens is 315 g/mol. The fourth-order valence-corrected chi connectivity index (χ4v) is 2.81. The van der Waals surface area contributed by atoms with Gasteiger partial charge < -0.3 is 10.2 Å². The highest BCUT2D eigenvalue weighted by atomic mass is 19.4. The van der Waals surface area contributed by atoms with Crippen molar-refractivity contribution in [3.8, 4) is 0 Å². The first-order chi connectivity index (χ1) is 10.5. The summed E-state index contributed by atoms with van der Waals surface area (Å²) in [6.45, 7) is 8.57. The molecule has 2 N–H and O–H groups in total. The maximum absolute atomic E-state index is 11.1. The molecule has 1 heterocycles. The summed E-state index contributed by atoms with van der Waals surface area (Å²) >= 11 is 0. The van der Waals surface area contributed by atoms with Gasteiger partial charge in [-0.25, -0.2) is 4.79 Å². The molecule has 1 rings (SSSR count). The number of carboxylic acid groups (broad SMARTS) is 2. The van der Waals surface area contributed by atoms with Gasteiger partial charge in [-0.1, -0.05) is 20.8 Å². The Bertz CT molecular complexity index is 386. The summed E-state index contributed by atoms with van der Waals surface area (Å²) in [7, 11) is 0. The van der Waals surface area contributed by atoms with E-state index in [-0.39, 0.29) is 6.04 Å². The second-order valence-corrected chi connectivity index (χ2v) is 5.83. The van der Waals surface area contributed by atoms with Crippen LogP contribution in [0.4, 0.5) is 13.2 Å². The van der Waals surface area contributed by atoms with Gasteiger partial charge in [0, 0.05) is 6.54 Å². The van der Waals surface area contributed by atoms with E-state index in [4.69, 9.17) is 15.0 Å². The zero-order valence-corrected chi connectivity index (χ0v) is 13.8. The summed E-state index contributed by atoms with van der Waals surface area (Å²) in [5, 5.41) is 16.3. The standard InChI is InChI=1S/C13H25NO2.C2HF3O2/c1-4-13(5-2,6-3)10-14-9-7-8-11(14)12(15)16;3-2(4,5)1(6)7/h11H,4-10H2,1-3H3,(H,15,16);(H,6,7). The quantitative estimate of drug-likeness (QED) is 0.774. The largest absolute Gasteiger partial charge is 0.490 e. The zero-order chi connectivity index (χ0) is 18.3. The molecule has 1 aliphatic heterocycles. The molecule has 1 aliphatic rings. The van der Waals surface area contributed by atoms with Gasteiger partial charge in [0.15, 0.2) is 0 Å². The van der Waals surface area contributed by atoms with Crippen LogP contribution in [0.1, 0.15) is 52.9 Å². The third-order valence-corrected chi connectivity index (χ3v) is 4.68. The summed E-state index contributed by atoms with van der Waals surface area (Å²) < 4.78 is 31.7. The van der Waals surface area contributed by atoms with Crippen LogP contribution in [-0.4, -0.2) is 52.4 Å². The Balaban J connectivity index is 0.000000585. The Kier molecular flexibility index (Phi) is 8.58. The SMILES string of the molecule is CCC(CC)(CC)CN1CCCC1C(=O)O.O=C(O)C(F)(F)F. The number of carboxylic acids is 2. The number of hydrogen-bond acceptors (Lipinski definition) is 3. The van der Waals surface area contributed by atoms with Gasteiger partial charge in [0.25, 0.3) is 0 Å². The van der Waals surface area contributed by atoms with Gasteiger partial charge in [-0.3, -0.25) is 9.69 Å². The molecule has 0 amide bonds. The Labute approximate surface area is 134 Å². The van der Waals surface area contributed by atoms with Crippen molar-refractivity contribution in [1.82, 2.24) is 4.90 Å². The number of halogens is 3. The van der Waals surface area contributed by atoms with Crippen LogP contribution in [0.25, 0.3) is 0 Å². The number of carbonyl (C=O) groups is 2. The highest BCUT2D eigenvalue weighted by Crippen LogP contribution is 2.33. The van der Waals surface area contributed by atoms with Crippen molar-refractivity contribution in [1.29, 1.82) is 0 Å². The van der Waals surface area contributed by atoms with Crippen molar-refractivity contribution in [2.45, 2.75) is 65.1 Å². The predicted octanol–water partition coefficient (Wildman–Crippen LogP) is 3.39. The fraction of sp³-hybridized carbons (Fsp3) is 0.867. The summed E-state index contributed by atoms with van der Waals surface area (Å²) in [4.78, 5) is 22.2. The lowest BCUT2D eigenvalue weighted by molar-refractivity contribution is -0.192. The van der Waals surface area contributed by atoms with Gasteiger partial charge >= 0.3 is 18.1 Å². The highest BCUT2D eigenvalue weighted by molar-refractivity contribution is 5.73. The van der Waals surface area contributed by atoms with E-state index in [1.807, 2.05) is 0 Å². The second kappa shape index (κ2) is 9.10. The van der Waals surface area contributed by atoms with E-state index in [0.29, 0.717) is 5.41 Å². The molecule has 1 atom stereocenters. The minimum absolute atomic E-state index is 0.232. The highest BCUT2D eigenvalue weighted by Gasteiger charge is 2.38. The molecule has 0 bridgehead atoms. The minimum Gasteiger partial charge on any atom is -0.480 e. The number of hydrogen-bond donors (Lipinski definition) is 2. The molecule has 8 heteroatoms. The van der Waals surface area contributed by atoms with Crippen LogP contribution in [0.2, 0.25) is 0 Å². The molecule has 0 aliphatic carbocycles. The van der Waals surface area contributed by atoms with Crippen molar-refractivity contribution in [3.63, 3.8) is 0 Å². The molecule has 1 unspecified atom stereocenters. The van der Waals surface area contributed by atoms with Crippen molar-refractivity contribution >= 4 is 11.9 Å². The van der Waals surface area contributed by atoms with Crippen LogP contribution in [0, 0.1) is 5.41 Å². The summed E-state index contributed by atoms with van der Waals surface area (Å²) in [6.07, 6.45) is 0.196. The van der Waals surface area contributed by atoms with Crippen LogP contribution in [0.3, 0.4) is 0 Å². The lowest BCUT2D eigenvalue weighted by Gasteiger charge is -2.36. The third-order valence-electron chi connectivity index (χ3n) is 4.68. The average molecular weight is 341 g/mol. The first-order valence-electron chi connectivity index (χ1n) is 7.80. The van der Waals surface area contributed by atoms with Gasteiger partial charge in [-0.15, -0.1) is 0 Å². The first-order valence-corrected chi connectivity index (χ1v) is 7.80. The van der Waals surface area contributed by atoms with Crippen molar-refractivity contribution in [2.24, 2.45) is 5.41 Å².